The molecule has 0 saturated carbocycles. The maximum Gasteiger partial charge on any atom is 0.471 e. The van der Waals surface area contributed by atoms with Crippen LogP contribution in [0.2, 0.25) is 0 Å². The highest BCUT2D eigenvalue weighted by molar-refractivity contribution is 5.83. The van der Waals surface area contributed by atoms with Gasteiger partial charge in [0.15, 0.2) is 0 Å². The van der Waals surface area contributed by atoms with Crippen LogP contribution in [0.15, 0.2) is 28.7 Å². The Morgan fingerprint density at radius 3 is 2.54 bits per heavy atom. The van der Waals surface area contributed by atoms with Gasteiger partial charge in [-0.2, -0.15) is 13.2 Å². The van der Waals surface area contributed by atoms with Crippen molar-refractivity contribution in [2.75, 3.05) is 13.1 Å². The number of nitrogens with one attached hydrogen (secondary N) is 1. The van der Waals surface area contributed by atoms with Crippen LogP contribution in [0.4, 0.5) is 13.2 Å². The molecule has 1 aliphatic heterocycles. The van der Waals surface area contributed by atoms with Gasteiger partial charge in [0.05, 0.1) is 6.54 Å². The Morgan fingerprint density at radius 1 is 1.21 bits per heavy atom. The Labute approximate surface area is 158 Å². The van der Waals surface area contributed by atoms with Crippen molar-refractivity contribution >= 4 is 11.8 Å². The summed E-state index contributed by atoms with van der Waals surface area (Å²) in [5.41, 5.74) is 1.77. The zero-order chi connectivity index (χ0) is 20.3. The van der Waals surface area contributed by atoms with Crippen LogP contribution in [-0.2, 0) is 16.1 Å². The lowest BCUT2D eigenvalue weighted by Gasteiger charge is -2.31. The van der Waals surface area contributed by atoms with Gasteiger partial charge in [-0.15, -0.1) is 10.2 Å². The average Bonchev–Trinajstić information content (AvgIpc) is 3.14. The number of benzene rings is 1. The van der Waals surface area contributed by atoms with E-state index in [1.165, 1.54) is 0 Å². The first kappa shape index (κ1) is 19.8. The number of likely N-dealkylation sites (tertiary alicyclic amines) is 1. The molecule has 2 aromatic rings. The zero-order valence-corrected chi connectivity index (χ0v) is 15.1. The van der Waals surface area contributed by atoms with Crippen LogP contribution < -0.4 is 5.32 Å². The van der Waals surface area contributed by atoms with Crippen LogP contribution in [0, 0.1) is 12.8 Å². The SMILES string of the molecule is Cc1ccccc1-c1nnc(CNC(=O)C2CCN(C(=O)C(F)(F)F)CC2)o1. The Bertz CT molecular complexity index is 858. The molecule has 0 unspecified atom stereocenters. The van der Waals surface area contributed by atoms with E-state index in [0.29, 0.717) is 5.89 Å². The summed E-state index contributed by atoms with van der Waals surface area (Å²) in [6.07, 6.45) is -4.54. The lowest BCUT2D eigenvalue weighted by Crippen LogP contribution is -2.47. The topological polar surface area (TPSA) is 88.3 Å². The predicted molar refractivity (Wildman–Crippen MR) is 91.7 cm³/mol. The van der Waals surface area contributed by atoms with Crippen LogP contribution in [-0.4, -0.2) is 46.2 Å². The monoisotopic (exact) mass is 396 g/mol. The average molecular weight is 396 g/mol. The summed E-state index contributed by atoms with van der Waals surface area (Å²) in [7, 11) is 0. The quantitative estimate of drug-likeness (QED) is 0.858. The molecule has 2 amide bonds. The number of hydrogen-bond acceptors (Lipinski definition) is 5. The molecule has 10 heteroatoms. The summed E-state index contributed by atoms with van der Waals surface area (Å²) in [4.78, 5) is 24.2. The van der Waals surface area contributed by atoms with Crippen molar-refractivity contribution in [1.29, 1.82) is 0 Å². The van der Waals surface area contributed by atoms with Crippen molar-refractivity contribution in [2.24, 2.45) is 5.92 Å². The van der Waals surface area contributed by atoms with Gasteiger partial charge in [-0.05, 0) is 31.4 Å². The Hall–Kier alpha value is -2.91. The van der Waals surface area contributed by atoms with Gasteiger partial charge < -0.3 is 14.6 Å². The molecule has 1 aromatic heterocycles. The van der Waals surface area contributed by atoms with E-state index in [-0.39, 0.29) is 44.3 Å². The van der Waals surface area contributed by atoms with Gasteiger partial charge in [-0.25, -0.2) is 0 Å². The van der Waals surface area contributed by atoms with E-state index in [0.717, 1.165) is 16.0 Å². The van der Waals surface area contributed by atoms with E-state index in [1.807, 2.05) is 31.2 Å². The standard InChI is InChI=1S/C18H19F3N4O3/c1-11-4-2-3-5-13(11)16-24-23-14(28-16)10-22-15(26)12-6-8-25(9-7-12)17(27)18(19,20)21/h2-5,12H,6-10H2,1H3,(H,22,26). The molecule has 1 aromatic carbocycles. The van der Waals surface area contributed by atoms with Gasteiger partial charge >= 0.3 is 12.1 Å². The van der Waals surface area contributed by atoms with E-state index in [1.54, 1.807) is 0 Å². The molecule has 3 rings (SSSR count). The van der Waals surface area contributed by atoms with E-state index in [2.05, 4.69) is 15.5 Å². The fourth-order valence-electron chi connectivity index (χ4n) is 3.08. The minimum Gasteiger partial charge on any atom is -0.419 e. The highest BCUT2D eigenvalue weighted by atomic mass is 19.4. The molecule has 0 aliphatic carbocycles. The number of carbonyl (C=O) groups excluding carboxylic acids is 2. The smallest absolute Gasteiger partial charge is 0.419 e. The summed E-state index contributed by atoms with van der Waals surface area (Å²) < 4.78 is 42.9. The Kier molecular flexibility index (Phi) is 5.66. The highest BCUT2D eigenvalue weighted by Crippen LogP contribution is 2.24. The summed E-state index contributed by atoms with van der Waals surface area (Å²) >= 11 is 0. The molecule has 1 N–H and O–H groups in total. The molecule has 0 spiro atoms. The number of aromatic nitrogens is 2. The molecule has 7 nitrogen and oxygen atoms in total. The van der Waals surface area contributed by atoms with Gasteiger partial charge in [0.25, 0.3) is 0 Å². The van der Waals surface area contributed by atoms with Gasteiger partial charge in [-0.3, -0.25) is 9.59 Å². The maximum absolute atomic E-state index is 12.5. The van der Waals surface area contributed by atoms with Crippen molar-refractivity contribution < 1.29 is 27.2 Å². The van der Waals surface area contributed by atoms with Crippen molar-refractivity contribution in [2.45, 2.75) is 32.5 Å². The van der Waals surface area contributed by atoms with E-state index >= 15 is 0 Å². The lowest BCUT2D eigenvalue weighted by atomic mass is 9.96. The maximum atomic E-state index is 12.5. The van der Waals surface area contributed by atoms with Gasteiger partial charge in [0.1, 0.15) is 0 Å². The number of piperidine rings is 1. The summed E-state index contributed by atoms with van der Waals surface area (Å²) in [5, 5.41) is 10.5. The van der Waals surface area contributed by atoms with Crippen LogP contribution in [0.1, 0.15) is 24.3 Å². The molecule has 1 saturated heterocycles. The van der Waals surface area contributed by atoms with Crippen LogP contribution in [0.3, 0.4) is 0 Å². The number of amides is 2. The molecule has 150 valence electrons. The first-order chi connectivity index (χ1) is 13.3. The van der Waals surface area contributed by atoms with Crippen molar-refractivity contribution in [3.05, 3.63) is 35.7 Å². The lowest BCUT2D eigenvalue weighted by molar-refractivity contribution is -0.186. The second-order valence-corrected chi connectivity index (χ2v) is 6.60. The zero-order valence-electron chi connectivity index (χ0n) is 15.1. The molecular weight excluding hydrogens is 377 g/mol. The number of nitrogens with zero attached hydrogens (tertiary/aromatic N) is 3. The minimum absolute atomic E-state index is 0.0272. The second kappa shape index (κ2) is 7.99. The van der Waals surface area contributed by atoms with Crippen LogP contribution in [0.5, 0.6) is 0 Å². The number of alkyl halides is 3. The molecule has 28 heavy (non-hydrogen) atoms. The second-order valence-electron chi connectivity index (χ2n) is 6.60. The van der Waals surface area contributed by atoms with Gasteiger partial charge in [0.2, 0.25) is 17.7 Å². The molecule has 1 fully saturated rings. The number of carbonyl (C=O) groups is 2. The predicted octanol–water partition coefficient (Wildman–Crippen LogP) is 2.46. The molecule has 2 heterocycles. The van der Waals surface area contributed by atoms with Gasteiger partial charge in [0, 0.05) is 24.6 Å². The third kappa shape index (κ3) is 4.49. The third-order valence-electron chi connectivity index (χ3n) is 4.65. The Morgan fingerprint density at radius 2 is 1.89 bits per heavy atom. The first-order valence-electron chi connectivity index (χ1n) is 8.78. The Balaban J connectivity index is 1.51. The number of halogens is 3. The molecule has 0 atom stereocenters. The van der Waals surface area contributed by atoms with E-state index < -0.39 is 18.0 Å². The number of aryl methyl sites for hydroxylation is 1. The molecule has 0 radical (unpaired) electrons. The third-order valence-corrected chi connectivity index (χ3v) is 4.65. The van der Waals surface area contributed by atoms with Crippen molar-refractivity contribution in [1.82, 2.24) is 20.4 Å². The van der Waals surface area contributed by atoms with Crippen LogP contribution in [0.25, 0.3) is 11.5 Å². The summed E-state index contributed by atoms with van der Waals surface area (Å²) in [5.74, 6) is -2.05. The molecular formula is C18H19F3N4O3. The van der Waals surface area contributed by atoms with Crippen LogP contribution >= 0.6 is 0 Å². The first-order valence-corrected chi connectivity index (χ1v) is 8.78. The molecule has 1 aliphatic rings. The fourth-order valence-corrected chi connectivity index (χ4v) is 3.08. The summed E-state index contributed by atoms with van der Waals surface area (Å²) in [6, 6.07) is 7.51. The van der Waals surface area contributed by atoms with Gasteiger partial charge in [-0.1, -0.05) is 18.2 Å². The number of rotatable bonds is 4. The molecule has 0 bridgehead atoms. The van der Waals surface area contributed by atoms with Crippen molar-refractivity contribution in [3.63, 3.8) is 0 Å². The van der Waals surface area contributed by atoms with E-state index in [4.69, 9.17) is 4.42 Å². The van der Waals surface area contributed by atoms with E-state index in [9.17, 15) is 22.8 Å². The summed E-state index contributed by atoms with van der Waals surface area (Å²) in [6.45, 7) is 1.74. The largest absolute Gasteiger partial charge is 0.471 e. The normalized spacial score (nSPS) is 15.5. The fraction of sp³-hybridized carbons (Fsp3) is 0.444. The highest BCUT2D eigenvalue weighted by Gasteiger charge is 2.43. The minimum atomic E-state index is -4.89. The van der Waals surface area contributed by atoms with Crippen molar-refractivity contribution in [3.8, 4) is 11.5 Å². The number of hydrogen-bond donors (Lipinski definition) is 1.